The van der Waals surface area contributed by atoms with Gasteiger partial charge in [0.25, 0.3) is 0 Å². The first-order chi connectivity index (χ1) is 25.2. The number of rotatable bonds is 5. The van der Waals surface area contributed by atoms with Gasteiger partial charge in [0.2, 0.25) is 0 Å². The van der Waals surface area contributed by atoms with Crippen LogP contribution in [-0.2, 0) is 5.41 Å². The largest absolute Gasteiger partial charge is 0.507 e. The number of nitrogens with zero attached hydrogens (tertiary/aromatic N) is 2. The monoisotopic (exact) mass is 654 g/mol. The SMILES string of the molecule is Oc1c(-c2cccc(/C=N/c3cccc4cccc(Oc5ccccc5)c34)n2)ccc2c1-c1ccccc1C21c2ccccc2-c2ccccc21. The number of aromatic nitrogens is 1. The van der Waals surface area contributed by atoms with Crippen LogP contribution in [0.3, 0.4) is 0 Å². The lowest BCUT2D eigenvalue weighted by molar-refractivity contribution is 0.478. The predicted molar refractivity (Wildman–Crippen MR) is 205 cm³/mol. The molecular weight excluding hydrogens is 625 g/mol. The number of benzene rings is 7. The maximum absolute atomic E-state index is 12.2. The molecule has 2 aliphatic carbocycles. The zero-order valence-electron chi connectivity index (χ0n) is 27.5. The summed E-state index contributed by atoms with van der Waals surface area (Å²) in [7, 11) is 0. The standard InChI is InChI=1S/C47H30N2O2/c50-46-36(27-28-40-45(46)35-20-6-9-23-39(35)47(40)37-21-7-4-18-33(37)34-19-5-8-22-38(34)47)41-24-12-15-31(49-41)29-48-42-25-10-13-30-14-11-26-43(44(30)42)51-32-16-2-1-3-17-32/h1-29,50H/b48-29+. The van der Waals surface area contributed by atoms with E-state index < -0.39 is 5.41 Å². The fraction of sp³-hybridized carbons (Fsp3) is 0.0213. The summed E-state index contributed by atoms with van der Waals surface area (Å²) < 4.78 is 6.29. The van der Waals surface area contributed by atoms with Gasteiger partial charge in [0.1, 0.15) is 17.2 Å². The highest BCUT2D eigenvalue weighted by Crippen LogP contribution is 2.64. The van der Waals surface area contributed by atoms with E-state index in [1.54, 1.807) is 6.21 Å². The predicted octanol–water partition coefficient (Wildman–Crippen LogP) is 11.5. The number of para-hydroxylation sites is 1. The van der Waals surface area contributed by atoms with Gasteiger partial charge in [0, 0.05) is 11.1 Å². The summed E-state index contributed by atoms with van der Waals surface area (Å²) in [6, 6.07) is 57.7. The molecule has 51 heavy (non-hydrogen) atoms. The summed E-state index contributed by atoms with van der Waals surface area (Å²) in [6.45, 7) is 0. The van der Waals surface area contributed by atoms with Gasteiger partial charge in [-0.3, -0.25) is 4.99 Å². The molecule has 0 radical (unpaired) electrons. The van der Waals surface area contributed by atoms with Crippen molar-refractivity contribution in [3.8, 4) is 50.8 Å². The van der Waals surface area contributed by atoms with Gasteiger partial charge in [-0.2, -0.15) is 0 Å². The number of aliphatic imine (C=N–C) groups is 1. The Kier molecular flexibility index (Phi) is 6.52. The average Bonchev–Trinajstić information content (AvgIpc) is 3.66. The zero-order chi connectivity index (χ0) is 33.9. The lowest BCUT2D eigenvalue weighted by Gasteiger charge is -2.30. The van der Waals surface area contributed by atoms with Crippen molar-refractivity contribution in [3.63, 3.8) is 0 Å². The average molecular weight is 655 g/mol. The van der Waals surface area contributed by atoms with Gasteiger partial charge in [-0.1, -0.05) is 127 Å². The van der Waals surface area contributed by atoms with Crippen LogP contribution < -0.4 is 4.74 Å². The quantitative estimate of drug-likeness (QED) is 0.188. The lowest BCUT2D eigenvalue weighted by Crippen LogP contribution is -2.25. The molecule has 0 unspecified atom stereocenters. The van der Waals surface area contributed by atoms with E-state index in [4.69, 9.17) is 14.7 Å². The van der Waals surface area contributed by atoms with Crippen molar-refractivity contribution in [2.24, 2.45) is 4.99 Å². The third-order valence-corrected chi connectivity index (χ3v) is 10.3. The van der Waals surface area contributed by atoms with E-state index >= 15 is 0 Å². The summed E-state index contributed by atoms with van der Waals surface area (Å²) in [5, 5.41) is 14.2. The van der Waals surface area contributed by atoms with Crippen molar-refractivity contribution in [2.45, 2.75) is 5.41 Å². The van der Waals surface area contributed by atoms with Crippen LogP contribution in [0.2, 0.25) is 0 Å². The number of aromatic hydroxyl groups is 1. The van der Waals surface area contributed by atoms with Gasteiger partial charge < -0.3 is 9.84 Å². The minimum absolute atomic E-state index is 0.233. The first-order valence-electron chi connectivity index (χ1n) is 17.1. The van der Waals surface area contributed by atoms with E-state index in [9.17, 15) is 5.11 Å². The first kappa shape index (κ1) is 29.2. The number of hydrogen-bond donors (Lipinski definition) is 1. The molecule has 0 atom stereocenters. The summed E-state index contributed by atoms with van der Waals surface area (Å²) in [5.74, 6) is 1.74. The molecule has 2 aliphatic rings. The highest BCUT2D eigenvalue weighted by molar-refractivity contribution is 6.00. The topological polar surface area (TPSA) is 54.7 Å². The molecule has 1 N–H and O–H groups in total. The van der Waals surface area contributed by atoms with E-state index in [1.807, 2.05) is 78.9 Å². The van der Waals surface area contributed by atoms with Crippen LogP contribution in [0.1, 0.15) is 27.9 Å². The molecule has 0 aliphatic heterocycles. The Morgan fingerprint density at radius 2 is 1.16 bits per heavy atom. The minimum atomic E-state index is -0.515. The highest BCUT2D eigenvalue weighted by Gasteiger charge is 2.52. The molecule has 8 aromatic rings. The Labute approximate surface area is 295 Å². The van der Waals surface area contributed by atoms with E-state index in [-0.39, 0.29) is 5.75 Å². The Bertz CT molecular complexity index is 2650. The number of hydrogen-bond acceptors (Lipinski definition) is 4. The third kappa shape index (κ3) is 4.33. The van der Waals surface area contributed by atoms with Crippen molar-refractivity contribution in [1.82, 2.24) is 4.98 Å². The summed E-state index contributed by atoms with van der Waals surface area (Å²) >= 11 is 0. The molecule has 0 fully saturated rings. The molecule has 0 saturated carbocycles. The van der Waals surface area contributed by atoms with Crippen molar-refractivity contribution in [1.29, 1.82) is 0 Å². The van der Waals surface area contributed by atoms with Gasteiger partial charge in [-0.05, 0) is 86.8 Å². The number of pyridine rings is 1. The van der Waals surface area contributed by atoms with Crippen LogP contribution in [0.5, 0.6) is 17.2 Å². The molecule has 1 heterocycles. The number of ether oxygens (including phenoxy) is 1. The van der Waals surface area contributed by atoms with Crippen LogP contribution in [0.15, 0.2) is 175 Å². The van der Waals surface area contributed by atoms with Crippen molar-refractivity contribution < 1.29 is 9.84 Å². The molecule has 4 heteroatoms. The van der Waals surface area contributed by atoms with Crippen LogP contribution in [0, 0.1) is 0 Å². The molecule has 0 bridgehead atoms. The van der Waals surface area contributed by atoms with Gasteiger partial charge in [-0.15, -0.1) is 0 Å². The van der Waals surface area contributed by atoms with Crippen molar-refractivity contribution >= 4 is 22.7 Å². The maximum atomic E-state index is 12.2. The molecule has 10 rings (SSSR count). The molecule has 0 amide bonds. The van der Waals surface area contributed by atoms with Gasteiger partial charge in [0.15, 0.2) is 0 Å². The summed E-state index contributed by atoms with van der Waals surface area (Å²) in [4.78, 5) is 9.90. The molecule has 240 valence electrons. The Morgan fingerprint density at radius 1 is 0.529 bits per heavy atom. The second kappa shape index (κ2) is 11.4. The summed E-state index contributed by atoms with van der Waals surface area (Å²) in [5.41, 5.74) is 11.4. The number of fused-ring (bicyclic) bond motifs is 11. The maximum Gasteiger partial charge on any atom is 0.137 e. The zero-order valence-corrected chi connectivity index (χ0v) is 27.5. The van der Waals surface area contributed by atoms with Crippen LogP contribution in [0.4, 0.5) is 5.69 Å². The van der Waals surface area contributed by atoms with E-state index in [2.05, 4.69) is 91.0 Å². The smallest absolute Gasteiger partial charge is 0.137 e. The van der Waals surface area contributed by atoms with Gasteiger partial charge in [0.05, 0.1) is 34.1 Å². The Balaban J connectivity index is 1.07. The second-order valence-corrected chi connectivity index (χ2v) is 13.0. The van der Waals surface area contributed by atoms with Crippen LogP contribution in [-0.4, -0.2) is 16.3 Å². The van der Waals surface area contributed by atoms with E-state index in [0.717, 1.165) is 44.6 Å². The third-order valence-electron chi connectivity index (χ3n) is 10.3. The number of phenolic OH excluding ortho intramolecular Hbond substituents is 1. The van der Waals surface area contributed by atoms with Gasteiger partial charge in [-0.25, -0.2) is 4.98 Å². The molecule has 4 nitrogen and oxygen atoms in total. The molecule has 0 saturated heterocycles. The van der Waals surface area contributed by atoms with Crippen molar-refractivity contribution in [3.05, 3.63) is 198 Å². The molecule has 1 spiro atoms. The fourth-order valence-electron chi connectivity index (χ4n) is 8.28. The van der Waals surface area contributed by atoms with Crippen molar-refractivity contribution in [2.75, 3.05) is 0 Å². The van der Waals surface area contributed by atoms with Crippen LogP contribution in [0.25, 0.3) is 44.3 Å². The van der Waals surface area contributed by atoms with E-state index in [1.165, 1.54) is 27.8 Å². The lowest BCUT2D eigenvalue weighted by atomic mass is 9.70. The Morgan fingerprint density at radius 3 is 1.90 bits per heavy atom. The Hall–Kier alpha value is -6.78. The van der Waals surface area contributed by atoms with E-state index in [0.29, 0.717) is 17.0 Å². The number of phenols is 1. The minimum Gasteiger partial charge on any atom is -0.507 e. The highest BCUT2D eigenvalue weighted by atomic mass is 16.5. The fourth-order valence-corrected chi connectivity index (χ4v) is 8.28. The first-order valence-corrected chi connectivity index (χ1v) is 17.1. The summed E-state index contributed by atoms with van der Waals surface area (Å²) in [6.07, 6.45) is 1.78. The molecule has 7 aromatic carbocycles. The second-order valence-electron chi connectivity index (χ2n) is 13.0. The normalized spacial score (nSPS) is 13.3. The van der Waals surface area contributed by atoms with Gasteiger partial charge >= 0.3 is 0 Å². The van der Waals surface area contributed by atoms with Crippen LogP contribution >= 0.6 is 0 Å². The molecule has 1 aromatic heterocycles. The molecular formula is C47H30N2O2.